The summed E-state index contributed by atoms with van der Waals surface area (Å²) in [6.45, 7) is 6.08. The number of nitrogens with two attached hydrogens (primary N) is 1. The molecule has 1 heterocycles. The molecule has 1 unspecified atom stereocenters. The summed E-state index contributed by atoms with van der Waals surface area (Å²) >= 11 is 0. The highest BCUT2D eigenvalue weighted by Gasteiger charge is 2.10. The number of para-hydroxylation sites is 1. The zero-order chi connectivity index (χ0) is 11.7. The second-order valence-corrected chi connectivity index (χ2v) is 4.13. The van der Waals surface area contributed by atoms with Crippen LogP contribution in [-0.4, -0.2) is 9.55 Å². The zero-order valence-corrected chi connectivity index (χ0v) is 9.94. The molecule has 0 aliphatic carbocycles. The Labute approximate surface area is 95.9 Å². The molecule has 0 spiro atoms. The van der Waals surface area contributed by atoms with Gasteiger partial charge in [-0.25, -0.2) is 4.98 Å². The van der Waals surface area contributed by atoms with Crippen molar-refractivity contribution in [3.05, 3.63) is 47.5 Å². The number of aryl methyl sites for hydroxylation is 1. The molecule has 0 fully saturated rings. The Hall–Kier alpha value is -1.61. The van der Waals surface area contributed by atoms with Crippen molar-refractivity contribution in [1.82, 2.24) is 9.55 Å². The lowest BCUT2D eigenvalue weighted by Crippen LogP contribution is -2.10. The van der Waals surface area contributed by atoms with E-state index in [0.717, 1.165) is 22.6 Å². The molecule has 2 aromatic rings. The van der Waals surface area contributed by atoms with Gasteiger partial charge >= 0.3 is 0 Å². The van der Waals surface area contributed by atoms with Crippen LogP contribution in [0.3, 0.4) is 0 Å². The van der Waals surface area contributed by atoms with Crippen molar-refractivity contribution in [2.45, 2.75) is 26.8 Å². The molecule has 0 radical (unpaired) electrons. The monoisotopic (exact) mass is 215 g/mol. The predicted molar refractivity (Wildman–Crippen MR) is 65.6 cm³/mol. The van der Waals surface area contributed by atoms with Crippen LogP contribution < -0.4 is 5.73 Å². The Balaban J connectivity index is 2.60. The molecule has 0 saturated heterocycles. The number of aromatic nitrogens is 2. The van der Waals surface area contributed by atoms with Crippen LogP contribution in [0.1, 0.15) is 29.9 Å². The van der Waals surface area contributed by atoms with Gasteiger partial charge in [0, 0.05) is 11.7 Å². The number of nitrogens with zero attached hydrogens (tertiary/aromatic N) is 2. The van der Waals surface area contributed by atoms with Gasteiger partial charge in [0.05, 0.1) is 17.7 Å². The molecule has 3 nitrogen and oxygen atoms in total. The van der Waals surface area contributed by atoms with Crippen molar-refractivity contribution >= 4 is 0 Å². The first-order valence-corrected chi connectivity index (χ1v) is 5.46. The SMILES string of the molecule is Cc1ncn(-c2ccccc2C(C)N)c1C. The van der Waals surface area contributed by atoms with E-state index in [1.807, 2.05) is 32.3 Å². The van der Waals surface area contributed by atoms with Crippen molar-refractivity contribution in [2.75, 3.05) is 0 Å². The van der Waals surface area contributed by atoms with Crippen molar-refractivity contribution in [3.8, 4) is 5.69 Å². The molecule has 16 heavy (non-hydrogen) atoms. The van der Waals surface area contributed by atoms with Gasteiger partial charge < -0.3 is 10.3 Å². The number of rotatable bonds is 2. The number of imidazole rings is 1. The Morgan fingerprint density at radius 3 is 2.50 bits per heavy atom. The second kappa shape index (κ2) is 4.10. The first kappa shape index (κ1) is 10.9. The molecule has 0 aliphatic heterocycles. The van der Waals surface area contributed by atoms with E-state index in [0.29, 0.717) is 0 Å². The summed E-state index contributed by atoms with van der Waals surface area (Å²) in [5.41, 5.74) is 10.5. The summed E-state index contributed by atoms with van der Waals surface area (Å²) in [6, 6.07) is 8.21. The van der Waals surface area contributed by atoms with Gasteiger partial charge in [-0.05, 0) is 32.4 Å². The molecule has 84 valence electrons. The normalized spacial score (nSPS) is 12.8. The third-order valence-corrected chi connectivity index (χ3v) is 2.94. The fourth-order valence-corrected chi connectivity index (χ4v) is 1.83. The average Bonchev–Trinajstić information content (AvgIpc) is 2.60. The van der Waals surface area contributed by atoms with E-state index in [1.165, 1.54) is 0 Å². The first-order chi connectivity index (χ1) is 7.61. The Morgan fingerprint density at radius 2 is 1.94 bits per heavy atom. The fourth-order valence-electron chi connectivity index (χ4n) is 1.83. The molecule has 2 N–H and O–H groups in total. The van der Waals surface area contributed by atoms with Crippen molar-refractivity contribution in [2.24, 2.45) is 5.73 Å². The Morgan fingerprint density at radius 1 is 1.25 bits per heavy atom. The van der Waals surface area contributed by atoms with E-state index in [2.05, 4.69) is 28.6 Å². The van der Waals surface area contributed by atoms with E-state index in [-0.39, 0.29) is 6.04 Å². The summed E-state index contributed by atoms with van der Waals surface area (Å²) in [4.78, 5) is 4.32. The second-order valence-electron chi connectivity index (χ2n) is 4.13. The summed E-state index contributed by atoms with van der Waals surface area (Å²) in [5, 5.41) is 0. The molecule has 0 saturated carbocycles. The fraction of sp³-hybridized carbons (Fsp3) is 0.308. The van der Waals surface area contributed by atoms with Crippen LogP contribution in [0.5, 0.6) is 0 Å². The van der Waals surface area contributed by atoms with Crippen molar-refractivity contribution in [3.63, 3.8) is 0 Å². The Bertz CT molecular complexity index is 498. The minimum absolute atomic E-state index is 0.0262. The highest BCUT2D eigenvalue weighted by molar-refractivity contribution is 5.44. The van der Waals surface area contributed by atoms with Crippen LogP contribution in [-0.2, 0) is 0 Å². The van der Waals surface area contributed by atoms with Gasteiger partial charge in [-0.1, -0.05) is 18.2 Å². The summed E-state index contributed by atoms with van der Waals surface area (Å²) in [7, 11) is 0. The van der Waals surface area contributed by atoms with Crippen molar-refractivity contribution in [1.29, 1.82) is 0 Å². The van der Waals surface area contributed by atoms with Gasteiger partial charge in [0.2, 0.25) is 0 Å². The van der Waals surface area contributed by atoms with E-state index in [9.17, 15) is 0 Å². The van der Waals surface area contributed by atoms with Crippen molar-refractivity contribution < 1.29 is 0 Å². The maximum atomic E-state index is 5.98. The van der Waals surface area contributed by atoms with Gasteiger partial charge in [-0.2, -0.15) is 0 Å². The average molecular weight is 215 g/mol. The van der Waals surface area contributed by atoms with E-state index < -0.39 is 0 Å². The summed E-state index contributed by atoms with van der Waals surface area (Å²) in [5.74, 6) is 0. The molecular weight excluding hydrogens is 198 g/mol. The molecule has 1 atom stereocenters. The van der Waals surface area contributed by atoms with Gasteiger partial charge in [0.1, 0.15) is 0 Å². The smallest absolute Gasteiger partial charge is 0.0997 e. The molecule has 0 amide bonds. The van der Waals surface area contributed by atoms with Crippen LogP contribution in [0.4, 0.5) is 0 Å². The number of benzene rings is 1. The van der Waals surface area contributed by atoms with Crippen LogP contribution in [0, 0.1) is 13.8 Å². The highest BCUT2D eigenvalue weighted by atomic mass is 15.1. The van der Waals surface area contributed by atoms with E-state index >= 15 is 0 Å². The molecule has 3 heteroatoms. The largest absolute Gasteiger partial charge is 0.324 e. The highest BCUT2D eigenvalue weighted by Crippen LogP contribution is 2.22. The molecule has 1 aromatic heterocycles. The van der Waals surface area contributed by atoms with Gasteiger partial charge in [-0.3, -0.25) is 0 Å². The maximum absolute atomic E-state index is 5.98. The molecular formula is C13H17N3. The standard InChI is InChI=1S/C13H17N3/c1-9(14)12-6-4-5-7-13(12)16-8-15-10(2)11(16)3/h4-9H,14H2,1-3H3. The quantitative estimate of drug-likeness (QED) is 0.836. The minimum atomic E-state index is 0.0262. The summed E-state index contributed by atoms with van der Waals surface area (Å²) < 4.78 is 2.09. The maximum Gasteiger partial charge on any atom is 0.0997 e. The number of hydrogen-bond acceptors (Lipinski definition) is 2. The van der Waals surface area contributed by atoms with E-state index in [4.69, 9.17) is 5.73 Å². The number of hydrogen-bond donors (Lipinski definition) is 1. The zero-order valence-electron chi connectivity index (χ0n) is 9.94. The minimum Gasteiger partial charge on any atom is -0.324 e. The van der Waals surface area contributed by atoms with Crippen LogP contribution in [0.2, 0.25) is 0 Å². The van der Waals surface area contributed by atoms with Gasteiger partial charge in [0.25, 0.3) is 0 Å². The molecule has 1 aromatic carbocycles. The molecule has 0 bridgehead atoms. The summed E-state index contributed by atoms with van der Waals surface area (Å²) in [6.07, 6.45) is 1.85. The van der Waals surface area contributed by atoms with Gasteiger partial charge in [0.15, 0.2) is 0 Å². The molecule has 2 rings (SSSR count). The Kier molecular flexibility index (Phi) is 2.79. The van der Waals surface area contributed by atoms with Crippen LogP contribution in [0.15, 0.2) is 30.6 Å². The lowest BCUT2D eigenvalue weighted by Gasteiger charge is -2.14. The third-order valence-electron chi connectivity index (χ3n) is 2.94. The first-order valence-electron chi connectivity index (χ1n) is 5.46. The van der Waals surface area contributed by atoms with E-state index in [1.54, 1.807) is 0 Å². The van der Waals surface area contributed by atoms with Crippen LogP contribution in [0.25, 0.3) is 5.69 Å². The topological polar surface area (TPSA) is 43.8 Å². The lowest BCUT2D eigenvalue weighted by molar-refractivity contribution is 0.800. The third kappa shape index (κ3) is 1.74. The van der Waals surface area contributed by atoms with Gasteiger partial charge in [-0.15, -0.1) is 0 Å². The van der Waals surface area contributed by atoms with Crippen LogP contribution >= 0.6 is 0 Å². The predicted octanol–water partition coefficient (Wildman–Crippen LogP) is 2.51. The molecule has 0 aliphatic rings. The lowest BCUT2D eigenvalue weighted by atomic mass is 10.1.